The summed E-state index contributed by atoms with van der Waals surface area (Å²) in [6.07, 6.45) is 1.77. The van der Waals surface area contributed by atoms with Crippen LogP contribution in [0.25, 0.3) is 16.9 Å². The van der Waals surface area contributed by atoms with Crippen LogP contribution in [0.15, 0.2) is 36.4 Å². The first kappa shape index (κ1) is 12.6. The van der Waals surface area contributed by atoms with Crippen molar-refractivity contribution in [1.29, 1.82) is 0 Å². The lowest BCUT2D eigenvalue weighted by atomic mass is 10.1. The first-order valence-corrected chi connectivity index (χ1v) is 6.59. The molecule has 0 spiro atoms. The Morgan fingerprint density at radius 3 is 2.70 bits per heavy atom. The Kier molecular flexibility index (Phi) is 3.10. The van der Waals surface area contributed by atoms with E-state index in [-0.39, 0.29) is 5.82 Å². The molecule has 0 unspecified atom stereocenters. The maximum atomic E-state index is 13.5. The quantitative estimate of drug-likeness (QED) is 0.795. The van der Waals surface area contributed by atoms with E-state index in [1.165, 1.54) is 6.07 Å². The maximum Gasteiger partial charge on any atom is 0.180 e. The van der Waals surface area contributed by atoms with Crippen molar-refractivity contribution < 1.29 is 4.39 Å². The Labute approximate surface area is 116 Å². The number of nitrogens with zero attached hydrogens (tertiary/aromatic N) is 3. The molecule has 0 amide bonds. The molecule has 4 nitrogen and oxygen atoms in total. The maximum absolute atomic E-state index is 13.5. The van der Waals surface area contributed by atoms with Crippen LogP contribution in [0.5, 0.6) is 0 Å². The topological polar surface area (TPSA) is 56.2 Å². The summed E-state index contributed by atoms with van der Waals surface area (Å²) >= 11 is 0. The lowest BCUT2D eigenvalue weighted by Crippen LogP contribution is -2.02. The van der Waals surface area contributed by atoms with E-state index in [0.717, 1.165) is 29.8 Å². The first-order chi connectivity index (χ1) is 9.70. The minimum Gasteiger partial charge on any atom is -0.380 e. The standard InChI is InChI=1S/C15H15FN4/c1-2-6-12-14(10-7-4-3-5-8-10)20-13(18-12)9-11(16)15(17)19-20/h3-5,7-9H,2,6H2,1H3,(H2,17,19). The zero-order valence-electron chi connectivity index (χ0n) is 11.2. The minimum absolute atomic E-state index is 0.116. The molecule has 20 heavy (non-hydrogen) atoms. The Morgan fingerprint density at radius 1 is 1.25 bits per heavy atom. The molecule has 2 heterocycles. The number of aryl methyl sites for hydroxylation is 1. The molecule has 0 aliphatic rings. The molecule has 0 radical (unpaired) electrons. The van der Waals surface area contributed by atoms with Gasteiger partial charge < -0.3 is 5.73 Å². The van der Waals surface area contributed by atoms with Crippen LogP contribution in [-0.2, 0) is 6.42 Å². The lowest BCUT2D eigenvalue weighted by molar-refractivity contribution is 0.621. The van der Waals surface area contributed by atoms with Crippen molar-refractivity contribution in [3.05, 3.63) is 47.9 Å². The van der Waals surface area contributed by atoms with Crippen LogP contribution in [0.3, 0.4) is 0 Å². The van der Waals surface area contributed by atoms with Gasteiger partial charge in [-0.15, -0.1) is 5.10 Å². The molecule has 2 N–H and O–H groups in total. The Balaban J connectivity index is 2.32. The molecule has 102 valence electrons. The van der Waals surface area contributed by atoms with Crippen molar-refractivity contribution in [3.63, 3.8) is 0 Å². The predicted octanol–water partition coefficient (Wildman–Crippen LogP) is 3.07. The van der Waals surface area contributed by atoms with E-state index >= 15 is 0 Å². The molecular formula is C15H15FN4. The molecule has 5 heteroatoms. The molecule has 0 saturated carbocycles. The monoisotopic (exact) mass is 270 g/mol. The number of aromatic nitrogens is 3. The van der Waals surface area contributed by atoms with Crippen LogP contribution >= 0.6 is 0 Å². The summed E-state index contributed by atoms with van der Waals surface area (Å²) in [6.45, 7) is 2.08. The van der Waals surface area contributed by atoms with Gasteiger partial charge in [-0.2, -0.15) is 0 Å². The van der Waals surface area contributed by atoms with Gasteiger partial charge in [0, 0.05) is 11.6 Å². The zero-order chi connectivity index (χ0) is 14.1. The van der Waals surface area contributed by atoms with Gasteiger partial charge in [0.05, 0.1) is 11.4 Å². The van der Waals surface area contributed by atoms with Crippen molar-refractivity contribution in [2.24, 2.45) is 0 Å². The number of nitrogens with two attached hydrogens (primary N) is 1. The van der Waals surface area contributed by atoms with Crippen molar-refractivity contribution in [2.75, 3.05) is 5.73 Å². The molecule has 0 aliphatic carbocycles. The number of fused-ring (bicyclic) bond motifs is 1. The predicted molar refractivity (Wildman–Crippen MR) is 76.8 cm³/mol. The summed E-state index contributed by atoms with van der Waals surface area (Å²) in [5.41, 5.74) is 8.86. The fourth-order valence-corrected chi connectivity index (χ4v) is 2.31. The van der Waals surface area contributed by atoms with E-state index < -0.39 is 5.82 Å². The fraction of sp³-hybridized carbons (Fsp3) is 0.200. The molecule has 2 aromatic heterocycles. The second-order valence-corrected chi connectivity index (χ2v) is 4.67. The number of benzene rings is 1. The summed E-state index contributed by atoms with van der Waals surface area (Å²) in [6, 6.07) is 11.2. The average Bonchev–Trinajstić information content (AvgIpc) is 2.78. The highest BCUT2D eigenvalue weighted by molar-refractivity contribution is 5.67. The van der Waals surface area contributed by atoms with Gasteiger partial charge in [-0.1, -0.05) is 43.7 Å². The van der Waals surface area contributed by atoms with Gasteiger partial charge in [-0.25, -0.2) is 13.9 Å². The van der Waals surface area contributed by atoms with Gasteiger partial charge in [0.1, 0.15) is 0 Å². The molecule has 0 bridgehead atoms. The SMILES string of the molecule is CCCc1nc2cc(F)c(N)nn2c1-c1ccccc1. The van der Waals surface area contributed by atoms with Crippen molar-refractivity contribution in [2.45, 2.75) is 19.8 Å². The smallest absolute Gasteiger partial charge is 0.180 e. The molecule has 3 aromatic rings. The number of nitrogen functional groups attached to an aromatic ring is 1. The average molecular weight is 270 g/mol. The normalized spacial score (nSPS) is 11.1. The molecule has 0 fully saturated rings. The summed E-state index contributed by atoms with van der Waals surface area (Å²) in [4.78, 5) is 4.49. The van der Waals surface area contributed by atoms with Crippen LogP contribution in [0.2, 0.25) is 0 Å². The lowest BCUT2D eigenvalue weighted by Gasteiger charge is -2.04. The number of halogens is 1. The van der Waals surface area contributed by atoms with Crippen LogP contribution in [0.4, 0.5) is 10.2 Å². The molecule has 0 saturated heterocycles. The van der Waals surface area contributed by atoms with Crippen LogP contribution in [0.1, 0.15) is 19.0 Å². The Hall–Kier alpha value is -2.43. The van der Waals surface area contributed by atoms with Crippen LogP contribution in [-0.4, -0.2) is 14.6 Å². The Morgan fingerprint density at radius 2 is 2.00 bits per heavy atom. The molecular weight excluding hydrogens is 255 g/mol. The zero-order valence-corrected chi connectivity index (χ0v) is 11.2. The number of rotatable bonds is 3. The molecule has 0 atom stereocenters. The summed E-state index contributed by atoms with van der Waals surface area (Å²) in [7, 11) is 0. The van der Waals surface area contributed by atoms with Gasteiger partial charge in [0.15, 0.2) is 17.3 Å². The third-order valence-corrected chi connectivity index (χ3v) is 3.19. The van der Waals surface area contributed by atoms with Gasteiger partial charge in [0.25, 0.3) is 0 Å². The number of hydrogen-bond acceptors (Lipinski definition) is 3. The largest absolute Gasteiger partial charge is 0.380 e. The summed E-state index contributed by atoms with van der Waals surface area (Å²) < 4.78 is 15.2. The number of imidazole rings is 1. The minimum atomic E-state index is -0.537. The highest BCUT2D eigenvalue weighted by atomic mass is 19.1. The van der Waals surface area contributed by atoms with Crippen molar-refractivity contribution in [3.8, 4) is 11.3 Å². The van der Waals surface area contributed by atoms with E-state index in [9.17, 15) is 4.39 Å². The third-order valence-electron chi connectivity index (χ3n) is 3.19. The van der Waals surface area contributed by atoms with E-state index in [0.29, 0.717) is 5.65 Å². The van der Waals surface area contributed by atoms with Gasteiger partial charge in [0.2, 0.25) is 0 Å². The third kappa shape index (κ3) is 2.01. The number of anilines is 1. The number of hydrogen-bond donors (Lipinski definition) is 1. The Bertz CT molecular complexity index is 749. The first-order valence-electron chi connectivity index (χ1n) is 6.59. The molecule has 1 aromatic carbocycles. The van der Waals surface area contributed by atoms with Gasteiger partial charge in [-0.3, -0.25) is 0 Å². The van der Waals surface area contributed by atoms with E-state index in [1.54, 1.807) is 4.52 Å². The fourth-order valence-electron chi connectivity index (χ4n) is 2.31. The molecule has 3 rings (SSSR count). The van der Waals surface area contributed by atoms with Crippen LogP contribution in [0, 0.1) is 5.82 Å². The highest BCUT2D eigenvalue weighted by Crippen LogP contribution is 2.26. The second kappa shape index (κ2) is 4.92. The van der Waals surface area contributed by atoms with Crippen molar-refractivity contribution >= 4 is 11.5 Å². The van der Waals surface area contributed by atoms with Crippen molar-refractivity contribution in [1.82, 2.24) is 14.6 Å². The summed E-state index contributed by atoms with van der Waals surface area (Å²) in [5, 5.41) is 4.11. The van der Waals surface area contributed by atoms with Gasteiger partial charge >= 0.3 is 0 Å². The van der Waals surface area contributed by atoms with Crippen LogP contribution < -0.4 is 5.73 Å². The van der Waals surface area contributed by atoms with E-state index in [1.807, 2.05) is 30.3 Å². The van der Waals surface area contributed by atoms with Gasteiger partial charge in [-0.05, 0) is 6.42 Å². The highest BCUT2D eigenvalue weighted by Gasteiger charge is 2.16. The summed E-state index contributed by atoms with van der Waals surface area (Å²) in [5.74, 6) is -0.653. The van der Waals surface area contributed by atoms with E-state index in [2.05, 4.69) is 17.0 Å². The second-order valence-electron chi connectivity index (χ2n) is 4.67. The van der Waals surface area contributed by atoms with E-state index in [4.69, 9.17) is 5.73 Å². The molecule has 0 aliphatic heterocycles.